The molecule has 0 aliphatic rings. The van der Waals surface area contributed by atoms with Crippen LogP contribution in [0.2, 0.25) is 0 Å². The fourth-order valence-electron chi connectivity index (χ4n) is 1.73. The highest BCUT2D eigenvalue weighted by Crippen LogP contribution is 2.17. The Labute approximate surface area is 97.4 Å². The van der Waals surface area contributed by atoms with E-state index in [2.05, 4.69) is 23.9 Å². The fraction of sp³-hybridized carbons (Fsp3) is 0.583. The van der Waals surface area contributed by atoms with Crippen molar-refractivity contribution in [2.24, 2.45) is 5.73 Å². The first kappa shape index (κ1) is 13.1. The molecule has 0 amide bonds. The smallest absolute Gasteiger partial charge is 0.0645 e. The average molecular weight is 223 g/mol. The fourth-order valence-corrected chi connectivity index (χ4v) is 1.73. The van der Waals surface area contributed by atoms with Crippen molar-refractivity contribution in [3.05, 3.63) is 30.1 Å². The van der Waals surface area contributed by atoms with Crippen LogP contribution in [0.25, 0.3) is 0 Å². The summed E-state index contributed by atoms with van der Waals surface area (Å²) in [5, 5.41) is 0. The van der Waals surface area contributed by atoms with Crippen LogP contribution in [0.1, 0.15) is 18.7 Å². The predicted octanol–water partition coefficient (Wildman–Crippen LogP) is 1.05. The van der Waals surface area contributed by atoms with E-state index in [0.717, 1.165) is 5.69 Å². The maximum Gasteiger partial charge on any atom is 0.0645 e. The first-order chi connectivity index (χ1) is 7.70. The number of hydrogen-bond acceptors (Lipinski definition) is 4. The molecule has 1 heterocycles. The van der Waals surface area contributed by atoms with Gasteiger partial charge in [0.15, 0.2) is 0 Å². The Balaban J connectivity index is 2.74. The molecule has 0 aromatic carbocycles. The SMILES string of the molecule is COCC(C)N(C)C(CN)c1ccccn1. The maximum atomic E-state index is 5.82. The average Bonchev–Trinajstić information content (AvgIpc) is 2.31. The van der Waals surface area contributed by atoms with E-state index < -0.39 is 0 Å². The molecule has 90 valence electrons. The van der Waals surface area contributed by atoms with Crippen molar-refractivity contribution >= 4 is 0 Å². The molecule has 2 unspecified atom stereocenters. The number of methoxy groups -OCH3 is 1. The molecule has 4 nitrogen and oxygen atoms in total. The zero-order valence-electron chi connectivity index (χ0n) is 10.3. The number of nitrogens with two attached hydrogens (primary N) is 1. The van der Waals surface area contributed by atoms with Gasteiger partial charge in [0.05, 0.1) is 18.3 Å². The van der Waals surface area contributed by atoms with Gasteiger partial charge in [-0.2, -0.15) is 0 Å². The molecule has 0 saturated carbocycles. The molecule has 0 spiro atoms. The van der Waals surface area contributed by atoms with Gasteiger partial charge >= 0.3 is 0 Å². The van der Waals surface area contributed by atoms with Crippen molar-refractivity contribution in [3.8, 4) is 0 Å². The van der Waals surface area contributed by atoms with Gasteiger partial charge in [0.2, 0.25) is 0 Å². The third-order valence-electron chi connectivity index (χ3n) is 2.85. The molecular formula is C12H21N3O. The van der Waals surface area contributed by atoms with E-state index in [1.807, 2.05) is 18.2 Å². The Morgan fingerprint density at radius 1 is 1.50 bits per heavy atom. The molecule has 0 bridgehead atoms. The van der Waals surface area contributed by atoms with Crippen molar-refractivity contribution in [1.82, 2.24) is 9.88 Å². The molecule has 0 radical (unpaired) electrons. The van der Waals surface area contributed by atoms with Gasteiger partial charge in [-0.1, -0.05) is 6.07 Å². The molecular weight excluding hydrogens is 202 g/mol. The molecule has 0 fully saturated rings. The van der Waals surface area contributed by atoms with Crippen LogP contribution in [0.5, 0.6) is 0 Å². The molecule has 1 rings (SSSR count). The van der Waals surface area contributed by atoms with Crippen LogP contribution in [0.3, 0.4) is 0 Å². The van der Waals surface area contributed by atoms with Gasteiger partial charge in [-0.15, -0.1) is 0 Å². The molecule has 2 N–H and O–H groups in total. The highest BCUT2D eigenvalue weighted by atomic mass is 16.5. The van der Waals surface area contributed by atoms with E-state index >= 15 is 0 Å². The molecule has 4 heteroatoms. The summed E-state index contributed by atoms with van der Waals surface area (Å²) < 4.78 is 5.15. The van der Waals surface area contributed by atoms with Crippen molar-refractivity contribution in [2.45, 2.75) is 19.0 Å². The van der Waals surface area contributed by atoms with Crippen LogP contribution >= 0.6 is 0 Å². The highest BCUT2D eigenvalue weighted by molar-refractivity contribution is 5.09. The molecule has 0 saturated heterocycles. The Morgan fingerprint density at radius 2 is 2.25 bits per heavy atom. The minimum Gasteiger partial charge on any atom is -0.383 e. The number of ether oxygens (including phenoxy) is 1. The molecule has 0 aliphatic carbocycles. The van der Waals surface area contributed by atoms with Crippen molar-refractivity contribution < 1.29 is 4.74 Å². The van der Waals surface area contributed by atoms with Crippen LogP contribution in [-0.2, 0) is 4.74 Å². The first-order valence-corrected chi connectivity index (χ1v) is 5.52. The van der Waals surface area contributed by atoms with Crippen molar-refractivity contribution in [3.63, 3.8) is 0 Å². The van der Waals surface area contributed by atoms with E-state index in [4.69, 9.17) is 10.5 Å². The number of aromatic nitrogens is 1. The minimum atomic E-state index is 0.145. The lowest BCUT2D eigenvalue weighted by atomic mass is 10.1. The van der Waals surface area contributed by atoms with E-state index in [-0.39, 0.29) is 6.04 Å². The Bertz CT molecular complexity index is 292. The standard InChI is InChI=1S/C12H21N3O/c1-10(9-16-3)15(2)12(8-13)11-6-4-5-7-14-11/h4-7,10,12H,8-9,13H2,1-3H3. The van der Waals surface area contributed by atoms with Gasteiger partial charge in [0.1, 0.15) is 0 Å². The number of pyridine rings is 1. The largest absolute Gasteiger partial charge is 0.383 e. The molecule has 2 atom stereocenters. The summed E-state index contributed by atoms with van der Waals surface area (Å²) in [6.45, 7) is 3.37. The summed E-state index contributed by atoms with van der Waals surface area (Å²) in [4.78, 5) is 6.55. The molecule has 16 heavy (non-hydrogen) atoms. The maximum absolute atomic E-state index is 5.82. The van der Waals surface area contributed by atoms with E-state index in [9.17, 15) is 0 Å². The summed E-state index contributed by atoms with van der Waals surface area (Å²) in [5.74, 6) is 0. The quantitative estimate of drug-likeness (QED) is 0.783. The van der Waals surface area contributed by atoms with Crippen LogP contribution in [0, 0.1) is 0 Å². The van der Waals surface area contributed by atoms with Crippen molar-refractivity contribution in [1.29, 1.82) is 0 Å². The minimum absolute atomic E-state index is 0.145. The summed E-state index contributed by atoms with van der Waals surface area (Å²) in [6, 6.07) is 6.37. The summed E-state index contributed by atoms with van der Waals surface area (Å²) in [7, 11) is 3.76. The summed E-state index contributed by atoms with van der Waals surface area (Å²) >= 11 is 0. The van der Waals surface area contributed by atoms with Crippen LogP contribution in [0.4, 0.5) is 0 Å². The van der Waals surface area contributed by atoms with Gasteiger partial charge in [0.25, 0.3) is 0 Å². The summed E-state index contributed by atoms with van der Waals surface area (Å²) in [5.41, 5.74) is 6.83. The molecule has 1 aromatic heterocycles. The van der Waals surface area contributed by atoms with Gasteiger partial charge in [-0.25, -0.2) is 0 Å². The van der Waals surface area contributed by atoms with Crippen LogP contribution in [0.15, 0.2) is 24.4 Å². The van der Waals surface area contributed by atoms with Gasteiger partial charge < -0.3 is 10.5 Å². The highest BCUT2D eigenvalue weighted by Gasteiger charge is 2.20. The monoisotopic (exact) mass is 223 g/mol. The summed E-state index contributed by atoms with van der Waals surface area (Å²) in [6.07, 6.45) is 1.80. The lowest BCUT2D eigenvalue weighted by Crippen LogP contribution is -2.39. The number of nitrogens with zero attached hydrogens (tertiary/aromatic N) is 2. The Morgan fingerprint density at radius 3 is 2.75 bits per heavy atom. The number of hydrogen-bond donors (Lipinski definition) is 1. The Hall–Kier alpha value is -0.970. The number of rotatable bonds is 6. The van der Waals surface area contributed by atoms with Gasteiger partial charge in [0, 0.05) is 25.9 Å². The lowest BCUT2D eigenvalue weighted by molar-refractivity contribution is 0.0898. The van der Waals surface area contributed by atoms with Crippen LogP contribution in [-0.4, -0.2) is 43.2 Å². The predicted molar refractivity (Wildman–Crippen MR) is 65.1 cm³/mol. The Kier molecular flexibility index (Phi) is 5.38. The normalized spacial score (nSPS) is 15.1. The van der Waals surface area contributed by atoms with E-state index in [1.165, 1.54) is 0 Å². The van der Waals surface area contributed by atoms with Crippen molar-refractivity contribution in [2.75, 3.05) is 27.3 Å². The van der Waals surface area contributed by atoms with E-state index in [1.54, 1.807) is 13.3 Å². The second-order valence-corrected chi connectivity index (χ2v) is 3.98. The molecule has 1 aromatic rings. The van der Waals surface area contributed by atoms with E-state index in [0.29, 0.717) is 19.2 Å². The zero-order chi connectivity index (χ0) is 12.0. The molecule has 0 aliphatic heterocycles. The van der Waals surface area contributed by atoms with Crippen LogP contribution < -0.4 is 5.73 Å². The zero-order valence-corrected chi connectivity index (χ0v) is 10.3. The third-order valence-corrected chi connectivity index (χ3v) is 2.85. The third kappa shape index (κ3) is 3.27. The number of likely N-dealkylation sites (N-methyl/N-ethyl adjacent to an activating group) is 1. The van der Waals surface area contributed by atoms with Gasteiger partial charge in [-0.05, 0) is 26.1 Å². The first-order valence-electron chi connectivity index (χ1n) is 5.52. The lowest BCUT2D eigenvalue weighted by Gasteiger charge is -2.31. The second kappa shape index (κ2) is 6.58. The second-order valence-electron chi connectivity index (χ2n) is 3.98. The van der Waals surface area contributed by atoms with Gasteiger partial charge in [-0.3, -0.25) is 9.88 Å². The topological polar surface area (TPSA) is 51.4 Å².